The highest BCUT2D eigenvalue weighted by Gasteiger charge is 2.16. The lowest BCUT2D eigenvalue weighted by molar-refractivity contribution is 0.171. The van der Waals surface area contributed by atoms with E-state index in [-0.39, 0.29) is 0 Å². The smallest absolute Gasteiger partial charge is 0.233 e. The number of ether oxygens (including phenoxy) is 1. The summed E-state index contributed by atoms with van der Waals surface area (Å²) >= 11 is 0. The van der Waals surface area contributed by atoms with E-state index in [1.54, 1.807) is 12.1 Å². The highest BCUT2D eigenvalue weighted by atomic mass is 16.5. The Balaban J connectivity index is 1.87. The van der Waals surface area contributed by atoms with Gasteiger partial charge < -0.3 is 9.84 Å². The molecule has 1 aromatic carbocycles. The van der Waals surface area contributed by atoms with Gasteiger partial charge >= 0.3 is 0 Å². The molecule has 0 spiro atoms. The molecule has 0 aliphatic carbocycles. The van der Waals surface area contributed by atoms with E-state index in [0.717, 1.165) is 16.6 Å². The zero-order chi connectivity index (χ0) is 14.8. The number of aromatic nitrogens is 4. The minimum Gasteiger partial charge on any atom is -0.480 e. The molecule has 3 aromatic rings. The van der Waals surface area contributed by atoms with Gasteiger partial charge in [0.15, 0.2) is 0 Å². The van der Waals surface area contributed by atoms with Gasteiger partial charge in [-0.25, -0.2) is 0 Å². The van der Waals surface area contributed by atoms with Gasteiger partial charge in [-0.15, -0.1) is 10.2 Å². The molecule has 6 heteroatoms. The number of aryl methyl sites for hydroxylation is 1. The van der Waals surface area contributed by atoms with Crippen LogP contribution in [0.5, 0.6) is 5.88 Å². The fourth-order valence-electron chi connectivity index (χ4n) is 2.34. The number of rotatable bonds is 4. The predicted molar refractivity (Wildman–Crippen MR) is 78.0 cm³/mol. The topological polar surface area (TPSA) is 73.1 Å². The molecule has 2 aromatic heterocycles. The van der Waals surface area contributed by atoms with Crippen LogP contribution in [0.15, 0.2) is 36.4 Å². The molecule has 0 aliphatic heterocycles. The Kier molecular flexibility index (Phi) is 3.53. The fourth-order valence-corrected chi connectivity index (χ4v) is 2.34. The van der Waals surface area contributed by atoms with E-state index in [9.17, 15) is 5.11 Å². The van der Waals surface area contributed by atoms with E-state index in [4.69, 9.17) is 4.74 Å². The van der Waals surface area contributed by atoms with Crippen LogP contribution in [0.3, 0.4) is 0 Å². The van der Waals surface area contributed by atoms with Crippen LogP contribution in [0.4, 0.5) is 0 Å². The van der Waals surface area contributed by atoms with Crippen molar-refractivity contribution in [2.24, 2.45) is 7.05 Å². The minimum absolute atomic E-state index is 0.391. The maximum Gasteiger partial charge on any atom is 0.233 e. The monoisotopic (exact) mass is 284 g/mol. The third-order valence-corrected chi connectivity index (χ3v) is 3.43. The number of fused-ring (bicyclic) bond motifs is 1. The standard InChI is InChI=1S/C15H16N4O2/c1-19-13-6-4-3-5-10(13)12(18-19)9-14(20)11-7-8-15(21-2)17-16-11/h3-8,14,20H,9H2,1-2H3. The van der Waals surface area contributed by atoms with E-state index >= 15 is 0 Å². The molecule has 0 saturated heterocycles. The average Bonchev–Trinajstić information content (AvgIpc) is 2.84. The fraction of sp³-hybridized carbons (Fsp3) is 0.267. The van der Waals surface area contributed by atoms with Crippen molar-refractivity contribution < 1.29 is 9.84 Å². The summed E-state index contributed by atoms with van der Waals surface area (Å²) in [6, 6.07) is 11.3. The molecule has 3 rings (SSSR count). The molecule has 0 aliphatic rings. The maximum absolute atomic E-state index is 10.3. The number of nitrogens with zero attached hydrogens (tertiary/aromatic N) is 4. The van der Waals surface area contributed by atoms with E-state index in [2.05, 4.69) is 15.3 Å². The first-order valence-electron chi connectivity index (χ1n) is 6.65. The highest BCUT2D eigenvalue weighted by Crippen LogP contribution is 2.23. The molecule has 1 atom stereocenters. The molecule has 21 heavy (non-hydrogen) atoms. The molecule has 2 heterocycles. The predicted octanol–water partition coefficient (Wildman–Crippen LogP) is 1.65. The van der Waals surface area contributed by atoms with Crippen LogP contribution in [0.2, 0.25) is 0 Å². The van der Waals surface area contributed by atoms with Crippen LogP contribution in [0, 0.1) is 0 Å². The van der Waals surface area contributed by atoms with Gasteiger partial charge in [0.1, 0.15) is 6.10 Å². The molecule has 0 saturated carbocycles. The van der Waals surface area contributed by atoms with Crippen molar-refractivity contribution in [2.45, 2.75) is 12.5 Å². The molecule has 6 nitrogen and oxygen atoms in total. The summed E-state index contributed by atoms with van der Waals surface area (Å²) in [4.78, 5) is 0. The molecule has 0 fully saturated rings. The summed E-state index contributed by atoms with van der Waals surface area (Å²) in [7, 11) is 3.42. The van der Waals surface area contributed by atoms with Crippen LogP contribution in [0.1, 0.15) is 17.5 Å². The van der Waals surface area contributed by atoms with Crippen molar-refractivity contribution in [2.75, 3.05) is 7.11 Å². The van der Waals surface area contributed by atoms with Gasteiger partial charge in [-0.2, -0.15) is 5.10 Å². The Hall–Kier alpha value is -2.47. The number of methoxy groups -OCH3 is 1. The molecule has 0 radical (unpaired) electrons. The average molecular weight is 284 g/mol. The number of para-hydroxylation sites is 1. The zero-order valence-electron chi connectivity index (χ0n) is 11.9. The molecule has 0 bridgehead atoms. The number of hydrogen-bond donors (Lipinski definition) is 1. The SMILES string of the molecule is COc1ccc(C(O)Cc2nn(C)c3ccccc23)nn1. The van der Waals surface area contributed by atoms with Gasteiger partial charge in [-0.3, -0.25) is 4.68 Å². The highest BCUT2D eigenvalue weighted by molar-refractivity contribution is 5.81. The van der Waals surface area contributed by atoms with Crippen molar-refractivity contribution in [3.8, 4) is 5.88 Å². The Morgan fingerprint density at radius 1 is 1.19 bits per heavy atom. The van der Waals surface area contributed by atoms with E-state index < -0.39 is 6.10 Å². The molecule has 1 unspecified atom stereocenters. The van der Waals surface area contributed by atoms with Crippen LogP contribution in [0.25, 0.3) is 10.9 Å². The van der Waals surface area contributed by atoms with Crippen LogP contribution >= 0.6 is 0 Å². The van der Waals surface area contributed by atoms with Gasteiger partial charge in [0.2, 0.25) is 5.88 Å². The normalized spacial score (nSPS) is 12.5. The summed E-state index contributed by atoms with van der Waals surface area (Å²) in [5.41, 5.74) is 2.39. The quantitative estimate of drug-likeness (QED) is 0.788. The second-order valence-electron chi connectivity index (χ2n) is 4.81. The molecular formula is C15H16N4O2. The Labute approximate surface area is 122 Å². The third-order valence-electron chi connectivity index (χ3n) is 3.43. The van der Waals surface area contributed by atoms with Crippen LogP contribution < -0.4 is 4.74 Å². The Bertz CT molecular complexity index is 752. The number of benzene rings is 1. The van der Waals surface area contributed by atoms with Gasteiger partial charge in [-0.1, -0.05) is 18.2 Å². The van der Waals surface area contributed by atoms with E-state index in [1.807, 2.05) is 36.0 Å². The largest absolute Gasteiger partial charge is 0.480 e. The lowest BCUT2D eigenvalue weighted by Gasteiger charge is -2.08. The second-order valence-corrected chi connectivity index (χ2v) is 4.81. The van der Waals surface area contributed by atoms with E-state index in [0.29, 0.717) is 18.0 Å². The third kappa shape index (κ3) is 2.57. The lowest BCUT2D eigenvalue weighted by Crippen LogP contribution is -2.06. The molecule has 0 amide bonds. The van der Waals surface area contributed by atoms with Crippen molar-refractivity contribution in [3.63, 3.8) is 0 Å². The van der Waals surface area contributed by atoms with Gasteiger partial charge in [-0.05, 0) is 12.1 Å². The van der Waals surface area contributed by atoms with Crippen molar-refractivity contribution in [1.82, 2.24) is 20.0 Å². The van der Waals surface area contributed by atoms with E-state index in [1.165, 1.54) is 7.11 Å². The lowest BCUT2D eigenvalue weighted by atomic mass is 10.1. The summed E-state index contributed by atoms with van der Waals surface area (Å²) in [5.74, 6) is 0.425. The number of hydrogen-bond acceptors (Lipinski definition) is 5. The van der Waals surface area contributed by atoms with Crippen molar-refractivity contribution in [3.05, 3.63) is 47.8 Å². The summed E-state index contributed by atoms with van der Waals surface area (Å²) in [6.45, 7) is 0. The summed E-state index contributed by atoms with van der Waals surface area (Å²) in [6.07, 6.45) is -0.357. The zero-order valence-corrected chi connectivity index (χ0v) is 11.9. The number of aliphatic hydroxyl groups is 1. The van der Waals surface area contributed by atoms with Crippen LogP contribution in [-0.2, 0) is 13.5 Å². The number of aliphatic hydroxyl groups excluding tert-OH is 1. The Morgan fingerprint density at radius 3 is 2.71 bits per heavy atom. The summed E-state index contributed by atoms with van der Waals surface area (Å²) in [5, 5.41) is 23.7. The van der Waals surface area contributed by atoms with Crippen LogP contribution in [-0.4, -0.2) is 32.2 Å². The van der Waals surface area contributed by atoms with Crippen molar-refractivity contribution >= 4 is 10.9 Å². The minimum atomic E-state index is -0.748. The molecular weight excluding hydrogens is 268 g/mol. The first-order valence-corrected chi connectivity index (χ1v) is 6.65. The van der Waals surface area contributed by atoms with Gasteiger partial charge in [0.25, 0.3) is 0 Å². The second kappa shape index (κ2) is 5.49. The Morgan fingerprint density at radius 2 is 2.00 bits per heavy atom. The molecule has 108 valence electrons. The summed E-state index contributed by atoms with van der Waals surface area (Å²) < 4.78 is 6.77. The molecule has 1 N–H and O–H groups in total. The first kappa shape index (κ1) is 13.5. The maximum atomic E-state index is 10.3. The van der Waals surface area contributed by atoms with Crippen molar-refractivity contribution in [1.29, 1.82) is 0 Å². The first-order chi connectivity index (χ1) is 10.2. The van der Waals surface area contributed by atoms with Gasteiger partial charge in [0.05, 0.1) is 24.0 Å². The van der Waals surface area contributed by atoms with Gasteiger partial charge in [0, 0.05) is 24.9 Å².